The van der Waals surface area contributed by atoms with Gasteiger partial charge in [0.05, 0.1) is 6.04 Å². The third kappa shape index (κ3) is 3.09. The Labute approximate surface area is 147 Å². The second-order valence-corrected chi connectivity index (χ2v) is 6.57. The molecule has 0 aliphatic carbocycles. The first kappa shape index (κ1) is 15.7. The molecule has 5 heteroatoms. The number of amides is 3. The van der Waals surface area contributed by atoms with Crippen LogP contribution in [0.15, 0.2) is 54.6 Å². The number of rotatable bonds is 2. The summed E-state index contributed by atoms with van der Waals surface area (Å²) in [4.78, 5) is 28.6. The molecule has 5 nitrogen and oxygen atoms in total. The van der Waals surface area contributed by atoms with Gasteiger partial charge in [0.1, 0.15) is 0 Å². The van der Waals surface area contributed by atoms with Crippen molar-refractivity contribution >= 4 is 23.3 Å². The first-order valence-electron chi connectivity index (χ1n) is 8.74. The van der Waals surface area contributed by atoms with Crippen molar-refractivity contribution in [3.63, 3.8) is 0 Å². The highest BCUT2D eigenvalue weighted by molar-refractivity contribution is 5.98. The van der Waals surface area contributed by atoms with E-state index in [-0.39, 0.29) is 18.0 Å². The van der Waals surface area contributed by atoms with Crippen LogP contribution in [0.4, 0.5) is 16.2 Å². The first-order valence-corrected chi connectivity index (χ1v) is 8.74. The molecule has 2 aromatic rings. The van der Waals surface area contributed by atoms with Crippen molar-refractivity contribution in [2.75, 3.05) is 22.9 Å². The first-order chi connectivity index (χ1) is 12.2. The summed E-state index contributed by atoms with van der Waals surface area (Å²) in [5.41, 5.74) is 3.07. The summed E-state index contributed by atoms with van der Waals surface area (Å²) in [5, 5.41) is 3.04. The predicted octanol–water partition coefficient (Wildman–Crippen LogP) is 2.95. The van der Waals surface area contributed by atoms with Gasteiger partial charge in [-0.25, -0.2) is 4.79 Å². The van der Waals surface area contributed by atoms with Gasteiger partial charge in [0.15, 0.2) is 0 Å². The molecule has 128 valence electrons. The van der Waals surface area contributed by atoms with Crippen molar-refractivity contribution in [1.29, 1.82) is 0 Å². The molecule has 25 heavy (non-hydrogen) atoms. The maximum Gasteiger partial charge on any atom is 0.322 e. The van der Waals surface area contributed by atoms with Gasteiger partial charge in [-0.05, 0) is 36.6 Å². The summed E-state index contributed by atoms with van der Waals surface area (Å²) in [7, 11) is 0. The number of urea groups is 1. The summed E-state index contributed by atoms with van der Waals surface area (Å²) >= 11 is 0. The standard InChI is InChI=1S/C20H21N3O2/c24-19-13-16(14-23(19)17-9-2-1-3-10-17)21-20(25)22-12-6-8-15-7-4-5-11-18(15)22/h1-5,7,9-11,16H,6,8,12-14H2,(H,21,25)/t16-/m0/s1. The third-order valence-corrected chi connectivity index (χ3v) is 4.88. The number of carbonyl (C=O) groups excluding carboxylic acids is 2. The summed E-state index contributed by atoms with van der Waals surface area (Å²) in [5.74, 6) is 0.0514. The Bertz CT molecular complexity index is 791. The van der Waals surface area contributed by atoms with Gasteiger partial charge >= 0.3 is 6.03 Å². The fourth-order valence-corrected chi connectivity index (χ4v) is 3.66. The number of para-hydroxylation sites is 2. The third-order valence-electron chi connectivity index (χ3n) is 4.88. The van der Waals surface area contributed by atoms with E-state index < -0.39 is 0 Å². The summed E-state index contributed by atoms with van der Waals surface area (Å²) < 4.78 is 0. The highest BCUT2D eigenvalue weighted by Crippen LogP contribution is 2.27. The van der Waals surface area contributed by atoms with Crippen LogP contribution in [0.1, 0.15) is 18.4 Å². The lowest BCUT2D eigenvalue weighted by molar-refractivity contribution is -0.117. The molecule has 1 fully saturated rings. The number of hydrogen-bond acceptors (Lipinski definition) is 2. The van der Waals surface area contributed by atoms with Crippen molar-refractivity contribution in [3.8, 4) is 0 Å². The molecule has 2 aliphatic rings. The molecule has 0 saturated carbocycles. The molecule has 4 rings (SSSR count). The molecule has 2 aliphatic heterocycles. The Kier molecular flexibility index (Phi) is 4.14. The molecule has 3 amide bonds. The summed E-state index contributed by atoms with van der Waals surface area (Å²) in [6.07, 6.45) is 2.31. The van der Waals surface area contributed by atoms with Gasteiger partial charge in [-0.15, -0.1) is 0 Å². The minimum atomic E-state index is -0.158. The lowest BCUT2D eigenvalue weighted by atomic mass is 10.0. The molecule has 0 spiro atoms. The number of hydrogen-bond donors (Lipinski definition) is 1. The van der Waals surface area contributed by atoms with Crippen LogP contribution in [0, 0.1) is 0 Å². The molecule has 1 saturated heterocycles. The molecular formula is C20H21N3O2. The van der Waals surface area contributed by atoms with Gasteiger partial charge in [0.2, 0.25) is 5.91 Å². The zero-order valence-electron chi connectivity index (χ0n) is 14.0. The largest absolute Gasteiger partial charge is 0.333 e. The van der Waals surface area contributed by atoms with Crippen LogP contribution < -0.4 is 15.1 Å². The van der Waals surface area contributed by atoms with Crippen LogP contribution >= 0.6 is 0 Å². The average molecular weight is 335 g/mol. The fraction of sp³-hybridized carbons (Fsp3) is 0.300. The molecule has 2 aromatic carbocycles. The van der Waals surface area contributed by atoms with E-state index in [1.807, 2.05) is 48.5 Å². The van der Waals surface area contributed by atoms with Crippen LogP contribution in [0.2, 0.25) is 0 Å². The maximum atomic E-state index is 12.8. The number of nitrogens with zero attached hydrogens (tertiary/aromatic N) is 2. The number of anilines is 2. The Morgan fingerprint density at radius 1 is 1.04 bits per heavy atom. The van der Waals surface area contributed by atoms with E-state index in [4.69, 9.17) is 0 Å². The van der Waals surface area contributed by atoms with E-state index in [1.54, 1.807) is 9.80 Å². The van der Waals surface area contributed by atoms with Gasteiger partial charge in [0.25, 0.3) is 0 Å². The molecule has 0 unspecified atom stereocenters. The molecule has 2 heterocycles. The highest BCUT2D eigenvalue weighted by Gasteiger charge is 2.33. The van der Waals surface area contributed by atoms with Crippen LogP contribution in [0.25, 0.3) is 0 Å². The van der Waals surface area contributed by atoms with Gasteiger partial charge in [0, 0.05) is 30.9 Å². The van der Waals surface area contributed by atoms with E-state index in [1.165, 1.54) is 5.56 Å². The SMILES string of the molecule is O=C1C[C@H](NC(=O)N2CCCc3ccccc32)CN1c1ccccc1. The normalized spacial score (nSPS) is 19.7. The van der Waals surface area contributed by atoms with Gasteiger partial charge < -0.3 is 10.2 Å². The zero-order chi connectivity index (χ0) is 17.2. The molecular weight excluding hydrogens is 314 g/mol. The number of aryl methyl sites for hydroxylation is 1. The summed E-state index contributed by atoms with van der Waals surface area (Å²) in [6, 6.07) is 17.4. The molecule has 0 bridgehead atoms. The Hall–Kier alpha value is -2.82. The average Bonchev–Trinajstić information content (AvgIpc) is 3.02. The molecule has 1 N–H and O–H groups in total. The van der Waals surface area contributed by atoms with Crippen LogP contribution in [-0.2, 0) is 11.2 Å². The Morgan fingerprint density at radius 2 is 1.80 bits per heavy atom. The predicted molar refractivity (Wildman–Crippen MR) is 97.8 cm³/mol. The Balaban J connectivity index is 1.45. The van der Waals surface area contributed by atoms with Gasteiger partial charge in [-0.3, -0.25) is 9.69 Å². The number of nitrogens with one attached hydrogen (secondary N) is 1. The lowest BCUT2D eigenvalue weighted by Crippen LogP contribution is -2.47. The monoisotopic (exact) mass is 335 g/mol. The van der Waals surface area contributed by atoms with Crippen molar-refractivity contribution in [2.45, 2.75) is 25.3 Å². The second-order valence-electron chi connectivity index (χ2n) is 6.57. The number of fused-ring (bicyclic) bond motifs is 1. The van der Waals surface area contributed by atoms with Crippen molar-refractivity contribution in [3.05, 3.63) is 60.2 Å². The van der Waals surface area contributed by atoms with Gasteiger partial charge in [-0.2, -0.15) is 0 Å². The van der Waals surface area contributed by atoms with E-state index in [9.17, 15) is 9.59 Å². The Morgan fingerprint density at radius 3 is 2.64 bits per heavy atom. The molecule has 0 aromatic heterocycles. The van der Waals surface area contributed by atoms with Crippen LogP contribution in [0.5, 0.6) is 0 Å². The van der Waals surface area contributed by atoms with E-state index in [0.717, 1.165) is 24.2 Å². The molecule has 0 radical (unpaired) electrons. The summed E-state index contributed by atoms with van der Waals surface area (Å²) in [6.45, 7) is 1.23. The van der Waals surface area contributed by atoms with E-state index in [0.29, 0.717) is 19.5 Å². The quantitative estimate of drug-likeness (QED) is 0.917. The van der Waals surface area contributed by atoms with Gasteiger partial charge in [-0.1, -0.05) is 36.4 Å². The van der Waals surface area contributed by atoms with Crippen LogP contribution in [0.3, 0.4) is 0 Å². The second kappa shape index (κ2) is 6.59. The van der Waals surface area contributed by atoms with Crippen molar-refractivity contribution in [1.82, 2.24) is 5.32 Å². The lowest BCUT2D eigenvalue weighted by Gasteiger charge is -2.30. The number of benzene rings is 2. The number of carbonyl (C=O) groups is 2. The zero-order valence-corrected chi connectivity index (χ0v) is 14.0. The van der Waals surface area contributed by atoms with E-state index in [2.05, 4.69) is 11.4 Å². The van der Waals surface area contributed by atoms with Crippen molar-refractivity contribution < 1.29 is 9.59 Å². The minimum Gasteiger partial charge on any atom is -0.333 e. The topological polar surface area (TPSA) is 52.7 Å². The molecule has 1 atom stereocenters. The minimum absolute atomic E-state index is 0.0514. The highest BCUT2D eigenvalue weighted by atomic mass is 16.2. The van der Waals surface area contributed by atoms with Crippen LogP contribution in [-0.4, -0.2) is 31.1 Å². The maximum absolute atomic E-state index is 12.8. The smallest absolute Gasteiger partial charge is 0.322 e. The fourth-order valence-electron chi connectivity index (χ4n) is 3.66. The van der Waals surface area contributed by atoms with Crippen molar-refractivity contribution in [2.24, 2.45) is 0 Å². The van der Waals surface area contributed by atoms with E-state index >= 15 is 0 Å².